The number of carbonyl (C=O) groups is 2. The SMILES string of the molecule is O=C1N[C@H](Cc2ccc(O)cc2)C(=O)N2CCN(CCCc3ccccc3)C[C@H]12. The molecule has 2 saturated heterocycles. The number of nitrogens with zero attached hydrogens (tertiary/aromatic N) is 2. The van der Waals surface area contributed by atoms with E-state index < -0.39 is 12.1 Å². The Kier molecular flexibility index (Phi) is 5.81. The van der Waals surface area contributed by atoms with E-state index in [1.807, 2.05) is 6.07 Å². The van der Waals surface area contributed by atoms with Gasteiger partial charge in [-0.25, -0.2) is 0 Å². The van der Waals surface area contributed by atoms with E-state index in [0.29, 0.717) is 19.5 Å². The van der Waals surface area contributed by atoms with Crippen LogP contribution < -0.4 is 5.32 Å². The summed E-state index contributed by atoms with van der Waals surface area (Å²) in [4.78, 5) is 29.7. The van der Waals surface area contributed by atoms with Crippen LogP contribution in [0.15, 0.2) is 54.6 Å². The van der Waals surface area contributed by atoms with Gasteiger partial charge in [-0.15, -0.1) is 0 Å². The Hall–Kier alpha value is -2.86. The molecular weight excluding hydrogens is 366 g/mol. The highest BCUT2D eigenvalue weighted by atomic mass is 16.3. The predicted molar refractivity (Wildman–Crippen MR) is 110 cm³/mol. The smallest absolute Gasteiger partial charge is 0.246 e. The minimum absolute atomic E-state index is 0.00777. The molecule has 0 radical (unpaired) electrons. The molecule has 0 spiro atoms. The average Bonchev–Trinajstić information content (AvgIpc) is 2.74. The predicted octanol–water partition coefficient (Wildman–Crippen LogP) is 1.58. The van der Waals surface area contributed by atoms with Crippen LogP contribution in [0.4, 0.5) is 0 Å². The summed E-state index contributed by atoms with van der Waals surface area (Å²) in [6.45, 7) is 2.92. The molecule has 0 aliphatic carbocycles. The van der Waals surface area contributed by atoms with Crippen molar-refractivity contribution in [2.75, 3.05) is 26.2 Å². The molecule has 2 aliphatic rings. The molecule has 0 aromatic heterocycles. The number of phenolic OH excluding ortho intramolecular Hbond substituents is 1. The number of aryl methyl sites for hydroxylation is 1. The Bertz CT molecular complexity index is 853. The summed E-state index contributed by atoms with van der Waals surface area (Å²) in [7, 11) is 0. The van der Waals surface area contributed by atoms with Gasteiger partial charge in [0.25, 0.3) is 0 Å². The summed E-state index contributed by atoms with van der Waals surface area (Å²) in [5.74, 6) is 0.115. The van der Waals surface area contributed by atoms with E-state index in [4.69, 9.17) is 0 Å². The number of phenols is 1. The molecule has 4 rings (SSSR count). The van der Waals surface area contributed by atoms with E-state index in [-0.39, 0.29) is 17.6 Å². The van der Waals surface area contributed by atoms with Crippen molar-refractivity contribution in [1.82, 2.24) is 15.1 Å². The van der Waals surface area contributed by atoms with Crippen LogP contribution in [0.25, 0.3) is 0 Å². The van der Waals surface area contributed by atoms with Crippen LogP contribution in [0.5, 0.6) is 5.75 Å². The standard InChI is InChI=1S/C23H27N3O3/c27-19-10-8-18(9-11-19)15-20-23(29)26-14-13-25(16-21(26)22(28)24-20)12-4-7-17-5-2-1-3-6-17/h1-3,5-6,8-11,20-21,27H,4,7,12-16H2,(H,24,28)/t20-,21-/m1/s1. The van der Waals surface area contributed by atoms with E-state index in [2.05, 4.69) is 34.5 Å². The van der Waals surface area contributed by atoms with E-state index in [9.17, 15) is 14.7 Å². The quantitative estimate of drug-likeness (QED) is 0.782. The normalized spacial score (nSPS) is 22.3. The number of aromatic hydroxyl groups is 1. The molecule has 0 saturated carbocycles. The zero-order valence-corrected chi connectivity index (χ0v) is 16.5. The molecule has 0 bridgehead atoms. The van der Waals surface area contributed by atoms with Crippen molar-refractivity contribution in [1.29, 1.82) is 0 Å². The topological polar surface area (TPSA) is 72.9 Å². The maximum Gasteiger partial charge on any atom is 0.246 e. The van der Waals surface area contributed by atoms with Crippen molar-refractivity contribution in [3.8, 4) is 5.75 Å². The molecule has 2 aliphatic heterocycles. The maximum absolute atomic E-state index is 12.9. The summed E-state index contributed by atoms with van der Waals surface area (Å²) in [5.41, 5.74) is 2.24. The minimum atomic E-state index is -0.534. The highest BCUT2D eigenvalue weighted by Gasteiger charge is 2.43. The van der Waals surface area contributed by atoms with Gasteiger partial charge in [0.15, 0.2) is 0 Å². The molecule has 2 amide bonds. The molecule has 2 atom stereocenters. The van der Waals surface area contributed by atoms with Gasteiger partial charge in [-0.3, -0.25) is 14.5 Å². The Morgan fingerprint density at radius 2 is 1.72 bits per heavy atom. The Morgan fingerprint density at radius 3 is 2.48 bits per heavy atom. The molecule has 6 nitrogen and oxygen atoms in total. The lowest BCUT2D eigenvalue weighted by Gasteiger charge is -2.45. The van der Waals surface area contributed by atoms with Gasteiger partial charge in [0, 0.05) is 26.1 Å². The first kappa shape index (κ1) is 19.5. The zero-order chi connectivity index (χ0) is 20.2. The lowest BCUT2D eigenvalue weighted by atomic mass is 9.98. The van der Waals surface area contributed by atoms with Gasteiger partial charge >= 0.3 is 0 Å². The third-order valence-electron chi connectivity index (χ3n) is 5.82. The van der Waals surface area contributed by atoms with Gasteiger partial charge in [-0.1, -0.05) is 42.5 Å². The summed E-state index contributed by atoms with van der Waals surface area (Å²) >= 11 is 0. The van der Waals surface area contributed by atoms with Gasteiger partial charge in [0.1, 0.15) is 17.8 Å². The third kappa shape index (κ3) is 4.59. The number of carbonyl (C=O) groups excluding carboxylic acids is 2. The van der Waals surface area contributed by atoms with E-state index in [0.717, 1.165) is 31.5 Å². The monoisotopic (exact) mass is 393 g/mol. The fourth-order valence-electron chi connectivity index (χ4n) is 4.22. The number of hydrogen-bond acceptors (Lipinski definition) is 4. The van der Waals surface area contributed by atoms with Crippen LogP contribution in [0.1, 0.15) is 17.5 Å². The van der Waals surface area contributed by atoms with Crippen molar-refractivity contribution >= 4 is 11.8 Å². The second-order valence-electron chi connectivity index (χ2n) is 7.87. The number of amides is 2. The summed E-state index contributed by atoms with van der Waals surface area (Å²) in [5, 5.41) is 12.3. The van der Waals surface area contributed by atoms with E-state index in [1.165, 1.54) is 5.56 Å². The lowest BCUT2D eigenvalue weighted by molar-refractivity contribution is -0.152. The molecule has 2 heterocycles. The first-order valence-electron chi connectivity index (χ1n) is 10.3. The van der Waals surface area contributed by atoms with Gasteiger partial charge in [-0.05, 0) is 42.6 Å². The number of nitrogens with one attached hydrogen (secondary N) is 1. The second kappa shape index (κ2) is 8.66. The van der Waals surface area contributed by atoms with Gasteiger partial charge in [0.05, 0.1) is 0 Å². The van der Waals surface area contributed by atoms with Gasteiger partial charge in [-0.2, -0.15) is 0 Å². The Labute approximate surface area is 171 Å². The Morgan fingerprint density at radius 1 is 0.966 bits per heavy atom. The van der Waals surface area contributed by atoms with Crippen LogP contribution in [0.3, 0.4) is 0 Å². The maximum atomic E-state index is 12.9. The number of fused-ring (bicyclic) bond motifs is 1. The first-order chi connectivity index (χ1) is 14.1. The molecule has 2 N–H and O–H groups in total. The van der Waals surface area contributed by atoms with Crippen molar-refractivity contribution in [2.24, 2.45) is 0 Å². The molecule has 6 heteroatoms. The molecule has 2 aromatic carbocycles. The molecule has 2 fully saturated rings. The largest absolute Gasteiger partial charge is 0.508 e. The minimum Gasteiger partial charge on any atom is -0.508 e. The van der Waals surface area contributed by atoms with E-state index >= 15 is 0 Å². The van der Waals surface area contributed by atoms with Gasteiger partial charge in [0.2, 0.25) is 11.8 Å². The third-order valence-corrected chi connectivity index (χ3v) is 5.82. The molecular formula is C23H27N3O3. The van der Waals surface area contributed by atoms with Crippen molar-refractivity contribution in [2.45, 2.75) is 31.3 Å². The molecule has 0 unspecified atom stereocenters. The van der Waals surface area contributed by atoms with Crippen molar-refractivity contribution < 1.29 is 14.7 Å². The molecule has 2 aromatic rings. The number of piperazine rings is 2. The van der Waals surface area contributed by atoms with Crippen molar-refractivity contribution in [3.05, 3.63) is 65.7 Å². The second-order valence-corrected chi connectivity index (χ2v) is 7.87. The van der Waals surface area contributed by atoms with Gasteiger partial charge < -0.3 is 15.3 Å². The lowest BCUT2D eigenvalue weighted by Crippen LogP contribution is -2.69. The molecule has 29 heavy (non-hydrogen) atoms. The number of benzene rings is 2. The van der Waals surface area contributed by atoms with E-state index in [1.54, 1.807) is 29.2 Å². The zero-order valence-electron chi connectivity index (χ0n) is 16.5. The Balaban J connectivity index is 1.31. The fraction of sp³-hybridized carbons (Fsp3) is 0.391. The van der Waals surface area contributed by atoms with Crippen LogP contribution in [-0.2, 0) is 22.4 Å². The fourth-order valence-corrected chi connectivity index (χ4v) is 4.22. The molecule has 152 valence electrons. The number of rotatable bonds is 6. The first-order valence-corrected chi connectivity index (χ1v) is 10.3. The van der Waals surface area contributed by atoms with Crippen LogP contribution in [0.2, 0.25) is 0 Å². The highest BCUT2D eigenvalue weighted by molar-refractivity contribution is 5.97. The van der Waals surface area contributed by atoms with Crippen LogP contribution in [0, 0.1) is 0 Å². The summed E-state index contributed by atoms with van der Waals surface area (Å²) in [6, 6.07) is 16.2. The summed E-state index contributed by atoms with van der Waals surface area (Å²) in [6.07, 6.45) is 2.50. The number of hydrogen-bond donors (Lipinski definition) is 2. The average molecular weight is 393 g/mol. The van der Waals surface area contributed by atoms with Crippen molar-refractivity contribution in [3.63, 3.8) is 0 Å². The van der Waals surface area contributed by atoms with Crippen LogP contribution >= 0.6 is 0 Å². The highest BCUT2D eigenvalue weighted by Crippen LogP contribution is 2.20. The summed E-state index contributed by atoms with van der Waals surface area (Å²) < 4.78 is 0. The van der Waals surface area contributed by atoms with Crippen LogP contribution in [-0.4, -0.2) is 65.0 Å².